The average molecular weight is 213 g/mol. The lowest BCUT2D eigenvalue weighted by Crippen LogP contribution is -2.15. The first kappa shape index (κ1) is 10.6. The minimum Gasteiger partial charge on any atom is -0.398 e. The quantitative estimate of drug-likeness (QED) is 0.818. The fraction of sp³-hybridized carbons (Fsp3) is 0.154. The summed E-state index contributed by atoms with van der Waals surface area (Å²) in [6.07, 6.45) is 4.19. The number of nitrogens with zero attached hydrogens (tertiary/aromatic N) is 1. The van der Waals surface area contributed by atoms with Crippen molar-refractivity contribution >= 4 is 5.69 Å². The van der Waals surface area contributed by atoms with Crippen LogP contribution < -0.4 is 11.5 Å². The van der Waals surface area contributed by atoms with Gasteiger partial charge in [-0.3, -0.25) is 4.98 Å². The average Bonchev–Trinajstić information content (AvgIpc) is 2.31. The zero-order valence-electron chi connectivity index (χ0n) is 9.01. The molecule has 2 rings (SSSR count). The maximum atomic E-state index is 6.11. The van der Waals surface area contributed by atoms with Gasteiger partial charge < -0.3 is 11.5 Å². The topological polar surface area (TPSA) is 64.9 Å². The van der Waals surface area contributed by atoms with Crippen LogP contribution in [0.3, 0.4) is 0 Å². The second kappa shape index (κ2) is 4.77. The van der Waals surface area contributed by atoms with Crippen molar-refractivity contribution in [2.75, 3.05) is 5.73 Å². The number of hydrogen-bond acceptors (Lipinski definition) is 3. The van der Waals surface area contributed by atoms with E-state index in [0.29, 0.717) is 5.69 Å². The Morgan fingerprint density at radius 3 is 2.56 bits per heavy atom. The summed E-state index contributed by atoms with van der Waals surface area (Å²) in [5.41, 5.74) is 14.8. The fourth-order valence-corrected chi connectivity index (χ4v) is 1.71. The molecule has 0 spiro atoms. The lowest BCUT2D eigenvalue weighted by molar-refractivity contribution is 0.720. The van der Waals surface area contributed by atoms with E-state index < -0.39 is 0 Å². The minimum atomic E-state index is -0.101. The number of benzene rings is 1. The minimum absolute atomic E-state index is 0.101. The van der Waals surface area contributed by atoms with Crippen molar-refractivity contribution in [2.24, 2.45) is 5.73 Å². The summed E-state index contributed by atoms with van der Waals surface area (Å²) in [4.78, 5) is 4.05. The van der Waals surface area contributed by atoms with Crippen LogP contribution in [-0.2, 0) is 6.42 Å². The van der Waals surface area contributed by atoms with Gasteiger partial charge in [0, 0.05) is 29.7 Å². The van der Waals surface area contributed by atoms with Crippen LogP contribution in [0.4, 0.5) is 5.69 Å². The standard InChI is InChI=1S/C13H15N3/c14-12-6-7-16-9-11(12)13(15)8-10-4-2-1-3-5-10/h1-7,9,13H,8,15H2,(H2,14,16). The molecule has 1 aromatic heterocycles. The SMILES string of the molecule is Nc1ccncc1C(N)Cc1ccccc1. The van der Waals surface area contributed by atoms with Crippen molar-refractivity contribution < 1.29 is 0 Å². The first-order valence-corrected chi connectivity index (χ1v) is 5.26. The van der Waals surface area contributed by atoms with Gasteiger partial charge in [-0.05, 0) is 18.1 Å². The normalized spacial score (nSPS) is 12.3. The van der Waals surface area contributed by atoms with Crippen LogP contribution in [0.5, 0.6) is 0 Å². The number of pyridine rings is 1. The zero-order chi connectivity index (χ0) is 11.4. The molecule has 0 fully saturated rings. The third-order valence-corrected chi connectivity index (χ3v) is 2.59. The molecule has 1 aromatic carbocycles. The number of rotatable bonds is 3. The Hall–Kier alpha value is -1.87. The second-order valence-electron chi connectivity index (χ2n) is 3.80. The van der Waals surface area contributed by atoms with Crippen LogP contribution in [0.15, 0.2) is 48.8 Å². The molecule has 0 radical (unpaired) electrons. The van der Waals surface area contributed by atoms with Crippen molar-refractivity contribution in [1.82, 2.24) is 4.98 Å². The van der Waals surface area contributed by atoms with Crippen LogP contribution in [0.2, 0.25) is 0 Å². The molecule has 3 nitrogen and oxygen atoms in total. The molecule has 0 amide bonds. The van der Waals surface area contributed by atoms with Crippen molar-refractivity contribution in [1.29, 1.82) is 0 Å². The van der Waals surface area contributed by atoms with Crippen molar-refractivity contribution in [3.63, 3.8) is 0 Å². The molecule has 4 N–H and O–H groups in total. The summed E-state index contributed by atoms with van der Waals surface area (Å²) < 4.78 is 0. The molecule has 0 aliphatic rings. The molecular weight excluding hydrogens is 198 g/mol. The van der Waals surface area contributed by atoms with Gasteiger partial charge in [-0.25, -0.2) is 0 Å². The number of hydrogen-bond donors (Lipinski definition) is 2. The Labute approximate surface area is 95.1 Å². The van der Waals surface area contributed by atoms with Crippen molar-refractivity contribution in [3.8, 4) is 0 Å². The molecule has 3 heteroatoms. The monoisotopic (exact) mass is 213 g/mol. The summed E-state index contributed by atoms with van der Waals surface area (Å²) in [6, 6.07) is 11.8. The van der Waals surface area contributed by atoms with Crippen LogP contribution in [0.25, 0.3) is 0 Å². The summed E-state index contributed by atoms with van der Waals surface area (Å²) in [5.74, 6) is 0. The first-order valence-electron chi connectivity index (χ1n) is 5.26. The van der Waals surface area contributed by atoms with Gasteiger partial charge >= 0.3 is 0 Å². The zero-order valence-corrected chi connectivity index (χ0v) is 9.01. The van der Waals surface area contributed by atoms with Gasteiger partial charge in [-0.15, -0.1) is 0 Å². The predicted octanol–water partition coefficient (Wildman–Crippen LogP) is 1.91. The number of nitrogen functional groups attached to an aromatic ring is 1. The Morgan fingerprint density at radius 2 is 1.88 bits per heavy atom. The maximum absolute atomic E-state index is 6.11. The molecule has 0 saturated carbocycles. The molecule has 1 atom stereocenters. The molecular formula is C13H15N3. The molecule has 0 aliphatic carbocycles. The highest BCUT2D eigenvalue weighted by Gasteiger charge is 2.09. The lowest BCUT2D eigenvalue weighted by Gasteiger charge is -2.13. The molecule has 0 bridgehead atoms. The van der Waals surface area contributed by atoms with Crippen molar-refractivity contribution in [3.05, 3.63) is 59.9 Å². The summed E-state index contributed by atoms with van der Waals surface area (Å²) in [6.45, 7) is 0. The molecule has 1 heterocycles. The van der Waals surface area contributed by atoms with Crippen LogP contribution in [0, 0.1) is 0 Å². The smallest absolute Gasteiger partial charge is 0.0393 e. The molecule has 0 saturated heterocycles. The number of aromatic nitrogens is 1. The van der Waals surface area contributed by atoms with E-state index in [9.17, 15) is 0 Å². The number of anilines is 1. The summed E-state index contributed by atoms with van der Waals surface area (Å²) in [7, 11) is 0. The lowest BCUT2D eigenvalue weighted by atomic mass is 10.00. The highest BCUT2D eigenvalue weighted by Crippen LogP contribution is 2.20. The van der Waals surface area contributed by atoms with E-state index in [1.807, 2.05) is 18.2 Å². The van der Waals surface area contributed by atoms with Gasteiger partial charge in [0.25, 0.3) is 0 Å². The van der Waals surface area contributed by atoms with Gasteiger partial charge in [-0.2, -0.15) is 0 Å². The Kier molecular flexibility index (Phi) is 3.17. The predicted molar refractivity (Wildman–Crippen MR) is 65.7 cm³/mol. The molecule has 16 heavy (non-hydrogen) atoms. The molecule has 1 unspecified atom stereocenters. The molecule has 82 valence electrons. The summed E-state index contributed by atoms with van der Waals surface area (Å²) >= 11 is 0. The van der Waals surface area contributed by atoms with E-state index in [1.54, 1.807) is 18.5 Å². The Morgan fingerprint density at radius 1 is 1.12 bits per heavy atom. The van der Waals surface area contributed by atoms with E-state index in [4.69, 9.17) is 11.5 Å². The van der Waals surface area contributed by atoms with E-state index in [-0.39, 0.29) is 6.04 Å². The Balaban J connectivity index is 2.15. The van der Waals surface area contributed by atoms with Crippen LogP contribution in [0.1, 0.15) is 17.2 Å². The third kappa shape index (κ3) is 2.38. The van der Waals surface area contributed by atoms with Crippen LogP contribution in [-0.4, -0.2) is 4.98 Å². The van der Waals surface area contributed by atoms with E-state index in [0.717, 1.165) is 12.0 Å². The van der Waals surface area contributed by atoms with Gasteiger partial charge in [0.05, 0.1) is 0 Å². The van der Waals surface area contributed by atoms with Crippen LogP contribution >= 0.6 is 0 Å². The van der Waals surface area contributed by atoms with Gasteiger partial charge in [0.1, 0.15) is 0 Å². The summed E-state index contributed by atoms with van der Waals surface area (Å²) in [5, 5.41) is 0. The second-order valence-corrected chi connectivity index (χ2v) is 3.80. The molecule has 2 aromatic rings. The van der Waals surface area contributed by atoms with Gasteiger partial charge in [0.15, 0.2) is 0 Å². The van der Waals surface area contributed by atoms with Crippen molar-refractivity contribution in [2.45, 2.75) is 12.5 Å². The van der Waals surface area contributed by atoms with E-state index in [2.05, 4.69) is 17.1 Å². The highest BCUT2D eigenvalue weighted by molar-refractivity contribution is 5.46. The maximum Gasteiger partial charge on any atom is 0.0393 e. The Bertz CT molecular complexity index is 454. The van der Waals surface area contributed by atoms with Gasteiger partial charge in [-0.1, -0.05) is 30.3 Å². The van der Waals surface area contributed by atoms with E-state index in [1.165, 1.54) is 5.56 Å². The fourth-order valence-electron chi connectivity index (χ4n) is 1.71. The van der Waals surface area contributed by atoms with E-state index >= 15 is 0 Å². The largest absolute Gasteiger partial charge is 0.398 e. The molecule has 0 aliphatic heterocycles. The highest BCUT2D eigenvalue weighted by atomic mass is 14.7. The third-order valence-electron chi connectivity index (χ3n) is 2.59. The number of nitrogens with two attached hydrogens (primary N) is 2. The first-order chi connectivity index (χ1) is 7.77. The van der Waals surface area contributed by atoms with Gasteiger partial charge in [0.2, 0.25) is 0 Å².